The fourth-order valence-corrected chi connectivity index (χ4v) is 3.24. The van der Waals surface area contributed by atoms with Crippen LogP contribution in [0.3, 0.4) is 0 Å². The van der Waals surface area contributed by atoms with Crippen molar-refractivity contribution in [1.29, 1.82) is 0 Å². The van der Waals surface area contributed by atoms with E-state index in [1.54, 1.807) is 61.8 Å². The molecule has 7 nitrogen and oxygen atoms in total. The molecular weight excluding hydrogens is 398 g/mol. The van der Waals surface area contributed by atoms with Crippen LogP contribution >= 0.6 is 0 Å². The average Bonchev–Trinajstić information content (AvgIpc) is 3.09. The van der Waals surface area contributed by atoms with E-state index in [9.17, 15) is 9.59 Å². The average molecular weight is 417 g/mol. The number of ether oxygens (including phenoxy) is 4. The van der Waals surface area contributed by atoms with Crippen LogP contribution in [0.5, 0.6) is 23.0 Å². The Labute approximate surface area is 178 Å². The van der Waals surface area contributed by atoms with Crippen LogP contribution < -0.4 is 18.9 Å². The number of carbonyl (C=O) groups is 2. The predicted molar refractivity (Wildman–Crippen MR) is 113 cm³/mol. The third-order valence-corrected chi connectivity index (χ3v) is 4.75. The van der Waals surface area contributed by atoms with Gasteiger partial charge in [0.2, 0.25) is 5.78 Å². The molecule has 0 fully saturated rings. The summed E-state index contributed by atoms with van der Waals surface area (Å²) in [5.74, 6) is 0.934. The lowest BCUT2D eigenvalue weighted by molar-refractivity contribution is 0.0733. The summed E-state index contributed by atoms with van der Waals surface area (Å²) in [6, 6.07) is 11.5. The summed E-state index contributed by atoms with van der Waals surface area (Å²) in [7, 11) is 3.00. The van der Waals surface area contributed by atoms with Gasteiger partial charge in [0.25, 0.3) is 0 Å². The van der Waals surface area contributed by atoms with Crippen molar-refractivity contribution >= 4 is 17.8 Å². The van der Waals surface area contributed by atoms with E-state index < -0.39 is 5.97 Å². The van der Waals surface area contributed by atoms with Gasteiger partial charge in [0, 0.05) is 24.5 Å². The van der Waals surface area contributed by atoms with E-state index in [4.69, 9.17) is 18.9 Å². The summed E-state index contributed by atoms with van der Waals surface area (Å²) in [5, 5.41) is 0. The first-order chi connectivity index (χ1) is 15.0. The number of Topliss-reactive ketones (excluding diaryl/α,β-unsaturated/α-hetero) is 1. The molecule has 0 N–H and O–H groups in total. The van der Waals surface area contributed by atoms with Crippen LogP contribution in [0.1, 0.15) is 31.8 Å². The molecule has 3 aromatic rings. The van der Waals surface area contributed by atoms with Crippen LogP contribution in [-0.4, -0.2) is 31.0 Å². The fourth-order valence-electron chi connectivity index (χ4n) is 3.24. The number of ketones is 1. The second kappa shape index (κ2) is 8.31. The molecular formula is C24H19NO6. The van der Waals surface area contributed by atoms with Gasteiger partial charge in [-0.05, 0) is 54.5 Å². The first-order valence-corrected chi connectivity index (χ1v) is 9.42. The van der Waals surface area contributed by atoms with Crippen molar-refractivity contribution in [2.75, 3.05) is 14.2 Å². The van der Waals surface area contributed by atoms with Crippen molar-refractivity contribution in [3.8, 4) is 23.0 Å². The summed E-state index contributed by atoms with van der Waals surface area (Å²) < 4.78 is 21.7. The molecule has 0 aliphatic carbocycles. The molecule has 1 aromatic heterocycles. The summed E-state index contributed by atoms with van der Waals surface area (Å²) >= 11 is 0. The maximum Gasteiger partial charge on any atom is 0.343 e. The topological polar surface area (TPSA) is 84.0 Å². The Hall–Kier alpha value is -4.13. The number of allylic oxidation sites excluding steroid dienone is 1. The van der Waals surface area contributed by atoms with Gasteiger partial charge in [0.15, 0.2) is 5.76 Å². The first kappa shape index (κ1) is 20.2. The number of carbonyl (C=O) groups excluding carboxylic acids is 2. The van der Waals surface area contributed by atoms with Crippen LogP contribution in [-0.2, 0) is 0 Å². The minimum Gasteiger partial charge on any atom is -0.497 e. The van der Waals surface area contributed by atoms with Gasteiger partial charge in [-0.15, -0.1) is 0 Å². The molecule has 0 unspecified atom stereocenters. The summed E-state index contributed by atoms with van der Waals surface area (Å²) in [5.41, 5.74) is 2.15. The van der Waals surface area contributed by atoms with Gasteiger partial charge in [-0.25, -0.2) is 4.79 Å². The van der Waals surface area contributed by atoms with Gasteiger partial charge in [-0.3, -0.25) is 9.78 Å². The molecule has 1 aliphatic rings. The van der Waals surface area contributed by atoms with Crippen LogP contribution in [0, 0.1) is 6.92 Å². The molecule has 0 radical (unpaired) electrons. The van der Waals surface area contributed by atoms with Gasteiger partial charge in [0.1, 0.15) is 23.0 Å². The van der Waals surface area contributed by atoms with Gasteiger partial charge in [0.05, 0.1) is 25.3 Å². The van der Waals surface area contributed by atoms with Crippen LogP contribution in [0.2, 0.25) is 0 Å². The first-order valence-electron chi connectivity index (χ1n) is 9.42. The van der Waals surface area contributed by atoms with Gasteiger partial charge < -0.3 is 18.9 Å². The molecule has 1 aliphatic heterocycles. The smallest absolute Gasteiger partial charge is 0.343 e. The third kappa shape index (κ3) is 4.11. The molecule has 4 rings (SSSR count). The third-order valence-electron chi connectivity index (χ3n) is 4.75. The number of benzene rings is 2. The number of aryl methyl sites for hydroxylation is 1. The Kier molecular flexibility index (Phi) is 5.41. The molecule has 0 bridgehead atoms. The van der Waals surface area contributed by atoms with Crippen molar-refractivity contribution in [3.05, 3.63) is 82.9 Å². The number of rotatable bonds is 5. The Morgan fingerprint density at radius 2 is 1.65 bits per heavy atom. The standard InChI is InChI=1S/C24H19NO6/c1-14-8-19(30-24(27)16-10-17(28-2)12-18(11-16)29-3)13-20-22(14)23(26)21(31-20)9-15-4-6-25-7-5-15/h4-13H,1-3H3/b21-9-. The highest BCUT2D eigenvalue weighted by Crippen LogP contribution is 2.38. The zero-order chi connectivity index (χ0) is 22.0. The molecule has 0 saturated heterocycles. The normalized spacial score (nSPS) is 13.5. The summed E-state index contributed by atoms with van der Waals surface area (Å²) in [4.78, 5) is 29.4. The van der Waals surface area contributed by atoms with Crippen molar-refractivity contribution in [3.63, 3.8) is 0 Å². The molecule has 7 heteroatoms. The number of fused-ring (bicyclic) bond motifs is 1. The van der Waals surface area contributed by atoms with Gasteiger partial charge in [-0.1, -0.05) is 0 Å². The fraction of sp³-hybridized carbons (Fsp3) is 0.125. The lowest BCUT2D eigenvalue weighted by atomic mass is 10.0. The lowest BCUT2D eigenvalue weighted by Crippen LogP contribution is -2.09. The number of hydrogen-bond donors (Lipinski definition) is 0. The minimum absolute atomic E-state index is 0.199. The number of pyridine rings is 1. The van der Waals surface area contributed by atoms with Crippen LogP contribution in [0.25, 0.3) is 6.08 Å². The van der Waals surface area contributed by atoms with E-state index in [1.165, 1.54) is 20.3 Å². The number of hydrogen-bond acceptors (Lipinski definition) is 7. The second-order valence-electron chi connectivity index (χ2n) is 6.82. The molecule has 0 amide bonds. The van der Waals surface area contributed by atoms with Crippen molar-refractivity contribution in [1.82, 2.24) is 4.98 Å². The number of esters is 1. The molecule has 0 saturated carbocycles. The van der Waals surface area contributed by atoms with E-state index in [-0.39, 0.29) is 22.9 Å². The van der Waals surface area contributed by atoms with Crippen molar-refractivity contribution < 1.29 is 28.5 Å². The maximum absolute atomic E-state index is 12.8. The Bertz CT molecular complexity index is 1180. The quantitative estimate of drug-likeness (QED) is 0.349. The number of aromatic nitrogens is 1. The second-order valence-corrected chi connectivity index (χ2v) is 6.82. The molecule has 156 valence electrons. The zero-order valence-electron chi connectivity index (χ0n) is 17.2. The highest BCUT2D eigenvalue weighted by molar-refractivity contribution is 6.15. The van der Waals surface area contributed by atoms with Crippen molar-refractivity contribution in [2.45, 2.75) is 6.92 Å². The van der Waals surface area contributed by atoms with Gasteiger partial charge in [-0.2, -0.15) is 0 Å². The molecule has 0 atom stereocenters. The van der Waals surface area contributed by atoms with E-state index >= 15 is 0 Å². The van der Waals surface area contributed by atoms with Crippen molar-refractivity contribution in [2.24, 2.45) is 0 Å². The van der Waals surface area contributed by atoms with Crippen LogP contribution in [0.4, 0.5) is 0 Å². The highest BCUT2D eigenvalue weighted by atomic mass is 16.5. The Morgan fingerprint density at radius 3 is 2.29 bits per heavy atom. The SMILES string of the molecule is COc1cc(OC)cc(C(=O)Oc2cc(C)c3c(c2)O/C(=C\c2ccncc2)C3=O)c1. The van der Waals surface area contributed by atoms with E-state index in [0.29, 0.717) is 28.4 Å². The summed E-state index contributed by atoms with van der Waals surface area (Å²) in [6.07, 6.45) is 4.92. The molecule has 2 aromatic carbocycles. The highest BCUT2D eigenvalue weighted by Gasteiger charge is 2.30. The Morgan fingerprint density at radius 1 is 0.968 bits per heavy atom. The lowest BCUT2D eigenvalue weighted by Gasteiger charge is -2.10. The molecule has 31 heavy (non-hydrogen) atoms. The number of methoxy groups -OCH3 is 2. The largest absolute Gasteiger partial charge is 0.497 e. The van der Waals surface area contributed by atoms with E-state index in [1.807, 2.05) is 0 Å². The van der Waals surface area contributed by atoms with E-state index in [0.717, 1.165) is 5.56 Å². The maximum atomic E-state index is 12.8. The monoisotopic (exact) mass is 417 g/mol. The Balaban J connectivity index is 1.60. The molecule has 2 heterocycles. The minimum atomic E-state index is -0.589. The number of nitrogens with zero attached hydrogens (tertiary/aromatic N) is 1. The van der Waals surface area contributed by atoms with Crippen LogP contribution in [0.15, 0.2) is 60.6 Å². The predicted octanol–water partition coefficient (Wildman–Crippen LogP) is 4.24. The summed E-state index contributed by atoms with van der Waals surface area (Å²) in [6.45, 7) is 1.77. The zero-order valence-corrected chi connectivity index (χ0v) is 17.2. The molecule has 0 spiro atoms. The van der Waals surface area contributed by atoms with E-state index in [2.05, 4.69) is 4.98 Å². The van der Waals surface area contributed by atoms with Gasteiger partial charge >= 0.3 is 5.97 Å².